The van der Waals surface area contributed by atoms with Crippen molar-refractivity contribution in [2.75, 3.05) is 0 Å². The van der Waals surface area contributed by atoms with Gasteiger partial charge in [-0.1, -0.05) is 114 Å². The smallest absolute Gasteiger partial charge is 0.0122 e. The van der Waals surface area contributed by atoms with E-state index in [4.69, 9.17) is 0 Å². The predicted octanol–water partition coefficient (Wildman–Crippen LogP) is 9.64. The van der Waals surface area contributed by atoms with Gasteiger partial charge < -0.3 is 0 Å². The summed E-state index contributed by atoms with van der Waals surface area (Å²) in [7, 11) is 0. The summed E-state index contributed by atoms with van der Waals surface area (Å²) in [6.45, 7) is 4.56. The Balaban J connectivity index is 0.00000450. The molecule has 2 rings (SSSR count). The fraction of sp³-hybridized carbons (Fsp3) is 0.571. The van der Waals surface area contributed by atoms with Gasteiger partial charge in [0.1, 0.15) is 0 Å². The van der Waals surface area contributed by atoms with E-state index in [0.717, 1.165) is 0 Å². The fourth-order valence-corrected chi connectivity index (χ4v) is 4.62. The Morgan fingerprint density at radius 2 is 0.800 bits per heavy atom. The van der Waals surface area contributed by atoms with Crippen molar-refractivity contribution in [3.63, 3.8) is 0 Å². The first-order valence-electron chi connectivity index (χ1n) is 12.2. The van der Waals surface area contributed by atoms with Crippen molar-refractivity contribution in [3.05, 3.63) is 59.7 Å². The van der Waals surface area contributed by atoms with Gasteiger partial charge in [-0.05, 0) is 61.1 Å². The number of hydrogen-bond donors (Lipinski definition) is 0. The standard InChI is InChI=1S/C28H42S.Ni/c1-3-5-7-9-11-13-15-25-17-21-27(22-18-25)29-28-23-19-26(20-24-28)16-14-12-10-8-6-4-2;/h17-24H,3-16H2,1-2H3;. The Hall–Kier alpha value is -0.716. The van der Waals surface area contributed by atoms with E-state index in [9.17, 15) is 0 Å². The van der Waals surface area contributed by atoms with Gasteiger partial charge in [-0.2, -0.15) is 0 Å². The molecule has 0 aliphatic heterocycles. The number of hydrogen-bond acceptors (Lipinski definition) is 1. The Morgan fingerprint density at radius 1 is 0.467 bits per heavy atom. The SMILES string of the molecule is CCCCCCCCc1ccc(Sc2ccc(CCCCCCCC)cc2)cc1.[Ni]. The van der Waals surface area contributed by atoms with Crippen LogP contribution in [0.2, 0.25) is 0 Å². The summed E-state index contributed by atoms with van der Waals surface area (Å²) in [6, 6.07) is 18.5. The zero-order chi connectivity index (χ0) is 20.6. The summed E-state index contributed by atoms with van der Waals surface area (Å²) in [6.07, 6.45) is 18.9. The van der Waals surface area contributed by atoms with Gasteiger partial charge >= 0.3 is 0 Å². The predicted molar refractivity (Wildman–Crippen MR) is 131 cm³/mol. The third kappa shape index (κ3) is 12.2. The first-order chi connectivity index (χ1) is 14.3. The molecule has 0 atom stereocenters. The van der Waals surface area contributed by atoms with Gasteiger partial charge in [0.15, 0.2) is 0 Å². The summed E-state index contributed by atoms with van der Waals surface area (Å²) in [5.41, 5.74) is 2.97. The summed E-state index contributed by atoms with van der Waals surface area (Å²) in [5.74, 6) is 0. The van der Waals surface area contributed by atoms with Crippen LogP contribution in [0.5, 0.6) is 0 Å². The van der Waals surface area contributed by atoms with Crippen LogP contribution < -0.4 is 0 Å². The summed E-state index contributed by atoms with van der Waals surface area (Å²) < 4.78 is 0. The molecule has 0 bridgehead atoms. The number of rotatable bonds is 16. The van der Waals surface area contributed by atoms with Crippen molar-refractivity contribution in [2.45, 2.75) is 114 Å². The van der Waals surface area contributed by atoms with Crippen molar-refractivity contribution < 1.29 is 16.5 Å². The molecule has 0 heterocycles. The molecule has 0 N–H and O–H groups in total. The Morgan fingerprint density at radius 3 is 1.17 bits per heavy atom. The van der Waals surface area contributed by atoms with Gasteiger partial charge in [0, 0.05) is 26.3 Å². The van der Waals surface area contributed by atoms with Crippen LogP contribution in [0.15, 0.2) is 58.3 Å². The van der Waals surface area contributed by atoms with E-state index in [1.807, 2.05) is 11.8 Å². The molecule has 0 nitrogen and oxygen atoms in total. The maximum absolute atomic E-state index is 2.32. The van der Waals surface area contributed by atoms with Crippen LogP contribution in [0.4, 0.5) is 0 Å². The van der Waals surface area contributed by atoms with Crippen molar-refractivity contribution in [1.29, 1.82) is 0 Å². The number of unbranched alkanes of at least 4 members (excludes halogenated alkanes) is 10. The van der Waals surface area contributed by atoms with E-state index in [1.165, 1.54) is 111 Å². The second-order valence-electron chi connectivity index (χ2n) is 8.43. The molecule has 0 unspecified atom stereocenters. The molecule has 0 aliphatic carbocycles. The van der Waals surface area contributed by atoms with Crippen LogP contribution in [0, 0.1) is 0 Å². The van der Waals surface area contributed by atoms with E-state index in [2.05, 4.69) is 62.4 Å². The molecule has 0 amide bonds. The summed E-state index contributed by atoms with van der Waals surface area (Å²) in [5, 5.41) is 0. The van der Waals surface area contributed by atoms with Crippen LogP contribution >= 0.6 is 11.8 Å². The van der Waals surface area contributed by atoms with E-state index in [-0.39, 0.29) is 16.5 Å². The van der Waals surface area contributed by atoms with Crippen molar-refractivity contribution in [2.24, 2.45) is 0 Å². The molecule has 0 radical (unpaired) electrons. The minimum absolute atomic E-state index is 0. The monoisotopic (exact) mass is 468 g/mol. The van der Waals surface area contributed by atoms with Crippen LogP contribution in [0.1, 0.15) is 102 Å². The Labute approximate surface area is 200 Å². The zero-order valence-electron chi connectivity index (χ0n) is 19.2. The second-order valence-corrected chi connectivity index (χ2v) is 9.57. The van der Waals surface area contributed by atoms with E-state index in [1.54, 1.807) is 0 Å². The molecule has 2 aromatic carbocycles. The Bertz CT molecular complexity index is 575. The van der Waals surface area contributed by atoms with Crippen molar-refractivity contribution >= 4 is 11.8 Å². The Kier molecular flexibility index (Phi) is 16.3. The van der Waals surface area contributed by atoms with Crippen LogP contribution in [-0.4, -0.2) is 0 Å². The third-order valence-electron chi connectivity index (χ3n) is 5.72. The molecule has 0 saturated heterocycles. The maximum atomic E-state index is 2.32. The van der Waals surface area contributed by atoms with Crippen molar-refractivity contribution in [1.82, 2.24) is 0 Å². The normalized spacial score (nSPS) is 10.7. The minimum Gasteiger partial charge on any atom is -0.0901 e. The van der Waals surface area contributed by atoms with Gasteiger partial charge in [-0.25, -0.2) is 0 Å². The van der Waals surface area contributed by atoms with Crippen LogP contribution in [-0.2, 0) is 29.3 Å². The van der Waals surface area contributed by atoms with E-state index < -0.39 is 0 Å². The second kappa shape index (κ2) is 17.9. The molecule has 0 saturated carbocycles. The van der Waals surface area contributed by atoms with Gasteiger partial charge in [-0.3, -0.25) is 0 Å². The summed E-state index contributed by atoms with van der Waals surface area (Å²) in [4.78, 5) is 2.70. The molecule has 0 spiro atoms. The topological polar surface area (TPSA) is 0 Å². The van der Waals surface area contributed by atoms with Crippen LogP contribution in [0.3, 0.4) is 0 Å². The van der Waals surface area contributed by atoms with E-state index in [0.29, 0.717) is 0 Å². The van der Waals surface area contributed by atoms with Crippen LogP contribution in [0.25, 0.3) is 0 Å². The molecule has 0 aliphatic rings. The third-order valence-corrected chi connectivity index (χ3v) is 6.74. The quantitative estimate of drug-likeness (QED) is 0.174. The zero-order valence-corrected chi connectivity index (χ0v) is 21.0. The first kappa shape index (κ1) is 27.3. The fourth-order valence-electron chi connectivity index (χ4n) is 3.80. The molecule has 0 aromatic heterocycles. The van der Waals surface area contributed by atoms with Gasteiger partial charge in [0.05, 0.1) is 0 Å². The van der Waals surface area contributed by atoms with E-state index >= 15 is 0 Å². The van der Waals surface area contributed by atoms with Gasteiger partial charge in [-0.15, -0.1) is 0 Å². The molecule has 170 valence electrons. The minimum atomic E-state index is 0. The average Bonchev–Trinajstić information content (AvgIpc) is 2.75. The largest absolute Gasteiger partial charge is 0.0901 e. The molecule has 0 fully saturated rings. The summed E-state index contributed by atoms with van der Waals surface area (Å²) >= 11 is 1.88. The molecule has 2 aromatic rings. The van der Waals surface area contributed by atoms with Gasteiger partial charge in [0.25, 0.3) is 0 Å². The number of aryl methyl sites for hydroxylation is 2. The molecular weight excluding hydrogens is 427 g/mol. The van der Waals surface area contributed by atoms with Crippen molar-refractivity contribution in [3.8, 4) is 0 Å². The number of benzene rings is 2. The van der Waals surface area contributed by atoms with Gasteiger partial charge in [0.2, 0.25) is 0 Å². The average molecular weight is 469 g/mol. The molecule has 2 heteroatoms. The maximum Gasteiger partial charge on any atom is 0.0122 e. The first-order valence-corrected chi connectivity index (χ1v) is 13.0. The molecular formula is C28H42NiS. The molecule has 30 heavy (non-hydrogen) atoms.